The lowest BCUT2D eigenvalue weighted by Crippen LogP contribution is -2.36. The summed E-state index contributed by atoms with van der Waals surface area (Å²) in [6.45, 7) is 3.21. The second-order valence-corrected chi connectivity index (χ2v) is 6.45. The zero-order valence-corrected chi connectivity index (χ0v) is 15.8. The van der Waals surface area contributed by atoms with E-state index in [1.54, 1.807) is 19.1 Å². The summed E-state index contributed by atoms with van der Waals surface area (Å²) in [6, 6.07) is 0. The maximum absolute atomic E-state index is 13.1. The van der Waals surface area contributed by atoms with Crippen LogP contribution in [0.25, 0.3) is 0 Å². The molecule has 0 saturated carbocycles. The number of carboxylic acids is 1. The summed E-state index contributed by atoms with van der Waals surface area (Å²) in [7, 11) is 1.45. The van der Waals surface area contributed by atoms with E-state index in [2.05, 4.69) is 0 Å². The normalized spacial score (nSPS) is 26.1. The van der Waals surface area contributed by atoms with E-state index in [4.69, 9.17) is 19.3 Å². The van der Waals surface area contributed by atoms with Gasteiger partial charge in [-0.15, -0.1) is 0 Å². The molecule has 1 N–H and O–H groups in total. The molecule has 0 aromatic rings. The second kappa shape index (κ2) is 11.3. The van der Waals surface area contributed by atoms with E-state index >= 15 is 0 Å². The Kier molecular flexibility index (Phi) is 9.76. The van der Waals surface area contributed by atoms with Gasteiger partial charge in [-0.3, -0.25) is 0 Å². The summed E-state index contributed by atoms with van der Waals surface area (Å²) in [4.78, 5) is 10.9. The molecule has 1 aliphatic heterocycles. The predicted octanol–water partition coefficient (Wildman–Crippen LogP) is 3.91. The molecule has 0 spiro atoms. The van der Waals surface area contributed by atoms with Gasteiger partial charge in [-0.2, -0.15) is 13.2 Å². The smallest absolute Gasteiger partial charge is 0.412 e. The fourth-order valence-corrected chi connectivity index (χ4v) is 2.84. The van der Waals surface area contributed by atoms with E-state index in [0.29, 0.717) is 0 Å². The quantitative estimate of drug-likeness (QED) is 0.735. The van der Waals surface area contributed by atoms with Gasteiger partial charge in [0.05, 0.1) is 19.3 Å². The number of ether oxygens (including phenoxy) is 3. The van der Waals surface area contributed by atoms with E-state index in [9.17, 15) is 18.0 Å². The van der Waals surface area contributed by atoms with Gasteiger partial charge in [0.2, 0.25) is 0 Å². The van der Waals surface area contributed by atoms with Crippen LogP contribution in [0.15, 0.2) is 35.5 Å². The molecule has 0 amide bonds. The van der Waals surface area contributed by atoms with Crippen molar-refractivity contribution in [3.63, 3.8) is 0 Å². The fraction of sp³-hybridized carbons (Fsp3) is 0.632. The number of carbonyl (C=O) groups is 1. The lowest BCUT2D eigenvalue weighted by Gasteiger charge is -2.28. The van der Waals surface area contributed by atoms with E-state index in [0.717, 1.165) is 11.6 Å². The summed E-state index contributed by atoms with van der Waals surface area (Å²) in [6.07, 6.45) is 0.550. The Hall–Kier alpha value is -1.64. The van der Waals surface area contributed by atoms with Gasteiger partial charge in [-0.1, -0.05) is 36.8 Å². The molecule has 0 aliphatic carbocycles. The van der Waals surface area contributed by atoms with Gasteiger partial charge in [-0.25, -0.2) is 4.79 Å². The van der Waals surface area contributed by atoms with Crippen molar-refractivity contribution in [2.75, 3.05) is 26.9 Å². The molecule has 0 aromatic carbocycles. The first-order valence-corrected chi connectivity index (χ1v) is 8.69. The molecule has 8 heteroatoms. The lowest BCUT2D eigenvalue weighted by atomic mass is 9.96. The third-order valence-corrected chi connectivity index (χ3v) is 4.11. The molecule has 0 radical (unpaired) electrons. The Balaban J connectivity index is 3.07. The topological polar surface area (TPSA) is 65.0 Å². The van der Waals surface area contributed by atoms with Crippen LogP contribution in [0.4, 0.5) is 13.2 Å². The van der Waals surface area contributed by atoms with E-state index < -0.39 is 36.5 Å². The van der Waals surface area contributed by atoms with Gasteiger partial charge in [0.15, 0.2) is 0 Å². The summed E-state index contributed by atoms with van der Waals surface area (Å²) in [5, 5.41) is 8.89. The summed E-state index contributed by atoms with van der Waals surface area (Å²) < 4.78 is 55.4. The van der Waals surface area contributed by atoms with Crippen LogP contribution in [0, 0.1) is 5.92 Å². The van der Waals surface area contributed by atoms with Crippen LogP contribution in [0.5, 0.6) is 0 Å². The Labute approximate surface area is 157 Å². The van der Waals surface area contributed by atoms with E-state index in [1.807, 2.05) is 13.0 Å². The molecule has 3 unspecified atom stereocenters. The summed E-state index contributed by atoms with van der Waals surface area (Å²) in [5.41, 5.74) is 0.177. The Morgan fingerprint density at radius 1 is 1.41 bits per heavy atom. The number of alkyl halides is 3. The maximum atomic E-state index is 13.1. The van der Waals surface area contributed by atoms with Crippen molar-refractivity contribution in [1.29, 1.82) is 0 Å². The van der Waals surface area contributed by atoms with Crippen molar-refractivity contribution in [2.45, 2.75) is 45.1 Å². The number of hydrogen-bond donors (Lipinski definition) is 1. The minimum absolute atomic E-state index is 0.127. The van der Waals surface area contributed by atoms with Crippen LogP contribution in [-0.2, 0) is 19.0 Å². The predicted molar refractivity (Wildman–Crippen MR) is 94.4 cm³/mol. The summed E-state index contributed by atoms with van der Waals surface area (Å²) in [5.74, 6) is -1.30. The van der Waals surface area contributed by atoms with Crippen LogP contribution >= 0.6 is 0 Å². The molecule has 1 heterocycles. The van der Waals surface area contributed by atoms with E-state index in [-0.39, 0.29) is 32.0 Å². The van der Waals surface area contributed by atoms with Gasteiger partial charge < -0.3 is 19.3 Å². The van der Waals surface area contributed by atoms with Gasteiger partial charge in [0.25, 0.3) is 0 Å². The second-order valence-electron chi connectivity index (χ2n) is 6.45. The highest BCUT2D eigenvalue weighted by Crippen LogP contribution is 2.29. The number of carboxylic acid groups (broad SMARTS) is 1. The number of halogens is 3. The highest BCUT2D eigenvalue weighted by atomic mass is 19.4. The van der Waals surface area contributed by atoms with Crippen molar-refractivity contribution < 1.29 is 37.3 Å². The highest BCUT2D eigenvalue weighted by molar-refractivity contribution is 5.68. The van der Waals surface area contributed by atoms with Gasteiger partial charge >= 0.3 is 12.1 Å². The van der Waals surface area contributed by atoms with Crippen LogP contribution in [0.2, 0.25) is 0 Å². The number of allylic oxidation sites excluding steroid dienone is 2. The van der Waals surface area contributed by atoms with Crippen molar-refractivity contribution in [1.82, 2.24) is 0 Å². The molecule has 0 saturated heterocycles. The molecule has 1 rings (SSSR count). The molecule has 5 nitrogen and oxygen atoms in total. The first kappa shape index (κ1) is 23.4. The Morgan fingerprint density at radius 3 is 2.70 bits per heavy atom. The van der Waals surface area contributed by atoms with Gasteiger partial charge in [-0.05, 0) is 19.8 Å². The Bertz CT molecular complexity index is 566. The van der Waals surface area contributed by atoms with Crippen molar-refractivity contribution in [3.05, 3.63) is 35.5 Å². The third kappa shape index (κ3) is 8.73. The molecular formula is C19H27F3O5. The number of methoxy groups -OCH3 is 1. The highest BCUT2D eigenvalue weighted by Gasteiger charge is 2.32. The molecule has 0 bridgehead atoms. The first-order chi connectivity index (χ1) is 12.6. The number of hydrogen-bond acceptors (Lipinski definition) is 4. The molecule has 0 aromatic heterocycles. The summed E-state index contributed by atoms with van der Waals surface area (Å²) >= 11 is 0. The monoisotopic (exact) mass is 392 g/mol. The maximum Gasteiger partial charge on any atom is 0.412 e. The van der Waals surface area contributed by atoms with Crippen molar-refractivity contribution >= 4 is 5.97 Å². The van der Waals surface area contributed by atoms with Crippen molar-refractivity contribution in [3.8, 4) is 0 Å². The average Bonchev–Trinajstić information content (AvgIpc) is 2.56. The minimum Gasteiger partial charge on any atom is -0.480 e. The van der Waals surface area contributed by atoms with Crippen LogP contribution in [-0.4, -0.2) is 56.4 Å². The fourth-order valence-electron chi connectivity index (χ4n) is 2.84. The van der Waals surface area contributed by atoms with Gasteiger partial charge in [0.1, 0.15) is 12.7 Å². The molecule has 0 fully saturated rings. The molecular weight excluding hydrogens is 365 g/mol. The largest absolute Gasteiger partial charge is 0.480 e. The Morgan fingerprint density at radius 2 is 2.11 bits per heavy atom. The average molecular weight is 392 g/mol. The van der Waals surface area contributed by atoms with Crippen LogP contribution < -0.4 is 0 Å². The van der Waals surface area contributed by atoms with E-state index in [1.165, 1.54) is 7.11 Å². The molecule has 3 atom stereocenters. The van der Waals surface area contributed by atoms with Gasteiger partial charge in [0, 0.05) is 18.6 Å². The van der Waals surface area contributed by atoms with Crippen LogP contribution in [0.1, 0.15) is 26.7 Å². The van der Waals surface area contributed by atoms with Crippen LogP contribution in [0.3, 0.4) is 0 Å². The third-order valence-electron chi connectivity index (χ3n) is 4.11. The zero-order valence-electron chi connectivity index (χ0n) is 15.8. The number of aliphatic carboxylic acids is 1. The zero-order chi connectivity index (χ0) is 20.4. The minimum atomic E-state index is -4.40. The molecule has 154 valence electrons. The number of rotatable bonds is 4. The first-order valence-electron chi connectivity index (χ1n) is 8.69. The molecule has 27 heavy (non-hydrogen) atoms. The van der Waals surface area contributed by atoms with Crippen molar-refractivity contribution in [2.24, 2.45) is 5.92 Å². The SMILES string of the molecule is COC1C=CCCC(C(F)(F)F)=CCOCC(C)=CC(C)C1OCC(=O)O. The lowest BCUT2D eigenvalue weighted by molar-refractivity contribution is -0.148. The molecule has 1 aliphatic rings. The standard InChI is InChI=1S/C19H27F3O5/c1-13-10-14(2)18(27-12-17(23)24)16(25-3)7-5-4-6-15(19(20,21)22)8-9-26-11-13/h5,7-8,10,14,16,18H,4,6,9,11-12H2,1-3H3,(H,23,24).